The van der Waals surface area contributed by atoms with E-state index in [1.807, 2.05) is 12.1 Å². The normalized spacial score (nSPS) is 11.3. The fourth-order valence-electron chi connectivity index (χ4n) is 3.77. The SMILES string of the molecule is C=CCC(NC(=O)c1ccc(Cc2c(OC)cc(OC)cc2OC)o1)c1ccc(OC)c(OC)c1. The minimum absolute atomic E-state index is 0.195. The van der Waals surface area contributed by atoms with Gasteiger partial charge in [-0.25, -0.2) is 0 Å². The molecule has 0 aliphatic carbocycles. The number of amides is 1. The number of rotatable bonds is 12. The lowest BCUT2D eigenvalue weighted by atomic mass is 10.0. The van der Waals surface area contributed by atoms with Gasteiger partial charge in [-0.3, -0.25) is 4.79 Å². The lowest BCUT2D eigenvalue weighted by Gasteiger charge is -2.19. The molecule has 8 heteroatoms. The molecule has 3 rings (SSSR count). The molecule has 0 bridgehead atoms. The van der Waals surface area contributed by atoms with Gasteiger partial charge in [0.15, 0.2) is 17.3 Å². The average molecular weight is 482 g/mol. The van der Waals surface area contributed by atoms with Crippen molar-refractivity contribution in [3.63, 3.8) is 0 Å². The Kier molecular flexibility index (Phi) is 8.67. The van der Waals surface area contributed by atoms with Gasteiger partial charge in [-0.2, -0.15) is 0 Å². The van der Waals surface area contributed by atoms with E-state index < -0.39 is 0 Å². The molecule has 1 heterocycles. The monoisotopic (exact) mass is 481 g/mol. The number of nitrogens with one attached hydrogen (secondary N) is 1. The van der Waals surface area contributed by atoms with E-state index >= 15 is 0 Å². The molecule has 0 aliphatic rings. The zero-order valence-corrected chi connectivity index (χ0v) is 20.7. The summed E-state index contributed by atoms with van der Waals surface area (Å²) in [6.45, 7) is 3.81. The van der Waals surface area contributed by atoms with Crippen LogP contribution >= 0.6 is 0 Å². The van der Waals surface area contributed by atoms with Crippen molar-refractivity contribution in [1.82, 2.24) is 5.32 Å². The highest BCUT2D eigenvalue weighted by molar-refractivity contribution is 5.91. The molecule has 1 amide bonds. The van der Waals surface area contributed by atoms with Gasteiger partial charge in [0, 0.05) is 24.1 Å². The van der Waals surface area contributed by atoms with Crippen molar-refractivity contribution in [2.75, 3.05) is 35.5 Å². The Labute approximate surface area is 205 Å². The Morgan fingerprint density at radius 3 is 2.11 bits per heavy atom. The summed E-state index contributed by atoms with van der Waals surface area (Å²) in [6.07, 6.45) is 2.64. The largest absolute Gasteiger partial charge is 0.496 e. The van der Waals surface area contributed by atoms with Gasteiger partial charge >= 0.3 is 0 Å². The van der Waals surface area contributed by atoms with E-state index in [-0.39, 0.29) is 17.7 Å². The standard InChI is InChI=1S/C27H31NO7/c1-7-8-21(17-9-11-22(31-3)26(13-17)34-6)28-27(29)23-12-10-18(35-23)14-20-24(32-4)15-19(30-2)16-25(20)33-5/h7,9-13,15-16,21H,1,8,14H2,2-6H3,(H,28,29). The van der Waals surface area contributed by atoms with E-state index in [9.17, 15) is 4.79 Å². The van der Waals surface area contributed by atoms with E-state index in [4.69, 9.17) is 28.1 Å². The van der Waals surface area contributed by atoms with Crippen molar-refractivity contribution >= 4 is 5.91 Å². The summed E-state index contributed by atoms with van der Waals surface area (Å²) in [4.78, 5) is 13.0. The quantitative estimate of drug-likeness (QED) is 0.366. The highest BCUT2D eigenvalue weighted by Crippen LogP contribution is 2.36. The molecule has 1 aromatic heterocycles. The lowest BCUT2D eigenvalue weighted by molar-refractivity contribution is 0.0907. The van der Waals surface area contributed by atoms with Crippen LogP contribution in [0.15, 0.2) is 59.5 Å². The van der Waals surface area contributed by atoms with E-state index in [1.54, 1.807) is 72.0 Å². The van der Waals surface area contributed by atoms with Crippen LogP contribution in [0.4, 0.5) is 0 Å². The maximum absolute atomic E-state index is 13.0. The summed E-state index contributed by atoms with van der Waals surface area (Å²) in [5, 5.41) is 3.01. The molecular weight excluding hydrogens is 450 g/mol. The van der Waals surface area contributed by atoms with Gasteiger partial charge in [0.1, 0.15) is 23.0 Å². The predicted octanol–water partition coefficient (Wildman–Crippen LogP) is 4.96. The first-order valence-electron chi connectivity index (χ1n) is 11.0. The molecule has 0 aliphatic heterocycles. The molecule has 0 saturated heterocycles. The number of hydrogen-bond acceptors (Lipinski definition) is 7. The van der Waals surface area contributed by atoms with Gasteiger partial charge in [-0.05, 0) is 36.2 Å². The van der Waals surface area contributed by atoms with Gasteiger partial charge in [0.2, 0.25) is 0 Å². The lowest BCUT2D eigenvalue weighted by Crippen LogP contribution is -2.28. The van der Waals surface area contributed by atoms with E-state index in [1.165, 1.54) is 0 Å². The molecule has 1 N–H and O–H groups in total. The number of hydrogen-bond donors (Lipinski definition) is 1. The number of furan rings is 1. The average Bonchev–Trinajstić information content (AvgIpc) is 3.36. The van der Waals surface area contributed by atoms with Gasteiger partial charge in [-0.1, -0.05) is 12.1 Å². The smallest absolute Gasteiger partial charge is 0.287 e. The Morgan fingerprint density at radius 2 is 1.54 bits per heavy atom. The van der Waals surface area contributed by atoms with Crippen LogP contribution < -0.4 is 29.0 Å². The zero-order chi connectivity index (χ0) is 25.4. The molecule has 0 spiro atoms. The van der Waals surface area contributed by atoms with Crippen molar-refractivity contribution in [3.8, 4) is 28.7 Å². The molecule has 35 heavy (non-hydrogen) atoms. The van der Waals surface area contributed by atoms with E-state index in [2.05, 4.69) is 11.9 Å². The summed E-state index contributed by atoms with van der Waals surface area (Å²) < 4.78 is 32.9. The first kappa shape index (κ1) is 25.6. The van der Waals surface area contributed by atoms with Crippen molar-refractivity contribution in [2.24, 2.45) is 0 Å². The highest BCUT2D eigenvalue weighted by atomic mass is 16.5. The third kappa shape index (κ3) is 5.90. The fraction of sp³-hybridized carbons (Fsp3) is 0.296. The Balaban J connectivity index is 1.80. The molecule has 1 atom stereocenters. The molecular formula is C27H31NO7. The van der Waals surface area contributed by atoms with Gasteiger partial charge < -0.3 is 33.4 Å². The summed E-state index contributed by atoms with van der Waals surface area (Å²) in [5.74, 6) is 3.45. The molecule has 2 aromatic carbocycles. The van der Waals surface area contributed by atoms with Crippen LogP contribution in [0.2, 0.25) is 0 Å². The molecule has 1 unspecified atom stereocenters. The summed E-state index contributed by atoms with van der Waals surface area (Å²) in [6, 6.07) is 12.2. The van der Waals surface area contributed by atoms with Gasteiger partial charge in [0.05, 0.1) is 41.6 Å². The molecule has 0 radical (unpaired) electrons. The van der Waals surface area contributed by atoms with Crippen molar-refractivity contribution in [3.05, 3.63) is 77.8 Å². The molecule has 8 nitrogen and oxygen atoms in total. The van der Waals surface area contributed by atoms with Crippen molar-refractivity contribution in [1.29, 1.82) is 0 Å². The van der Waals surface area contributed by atoms with Crippen LogP contribution in [0.1, 0.15) is 39.9 Å². The number of ether oxygens (including phenoxy) is 5. The summed E-state index contributed by atoms with van der Waals surface area (Å²) in [5.41, 5.74) is 1.64. The summed E-state index contributed by atoms with van der Waals surface area (Å²) in [7, 11) is 7.87. The topological polar surface area (TPSA) is 88.4 Å². The van der Waals surface area contributed by atoms with Crippen LogP contribution in [0.3, 0.4) is 0 Å². The molecule has 0 fully saturated rings. The second kappa shape index (κ2) is 11.9. The molecule has 3 aromatic rings. The Morgan fingerprint density at radius 1 is 0.886 bits per heavy atom. The minimum atomic E-state index is -0.341. The predicted molar refractivity (Wildman–Crippen MR) is 132 cm³/mol. The van der Waals surface area contributed by atoms with Crippen LogP contribution in [0, 0.1) is 0 Å². The van der Waals surface area contributed by atoms with Crippen LogP contribution in [-0.2, 0) is 6.42 Å². The first-order valence-corrected chi connectivity index (χ1v) is 11.0. The maximum Gasteiger partial charge on any atom is 0.287 e. The second-order valence-corrected chi connectivity index (χ2v) is 7.62. The summed E-state index contributed by atoms with van der Waals surface area (Å²) >= 11 is 0. The van der Waals surface area contributed by atoms with Crippen LogP contribution in [-0.4, -0.2) is 41.5 Å². The number of methoxy groups -OCH3 is 5. The third-order valence-corrected chi connectivity index (χ3v) is 5.57. The maximum atomic E-state index is 13.0. The minimum Gasteiger partial charge on any atom is -0.496 e. The highest BCUT2D eigenvalue weighted by Gasteiger charge is 2.21. The zero-order valence-electron chi connectivity index (χ0n) is 20.7. The van der Waals surface area contributed by atoms with Gasteiger partial charge in [-0.15, -0.1) is 6.58 Å². The number of carbonyl (C=O) groups excluding carboxylic acids is 1. The third-order valence-electron chi connectivity index (χ3n) is 5.57. The van der Waals surface area contributed by atoms with Crippen molar-refractivity contribution < 1.29 is 32.9 Å². The van der Waals surface area contributed by atoms with Gasteiger partial charge in [0.25, 0.3) is 5.91 Å². The number of carbonyl (C=O) groups is 1. The van der Waals surface area contributed by atoms with E-state index in [0.717, 1.165) is 11.1 Å². The Hall–Kier alpha value is -4.07. The Bertz CT molecular complexity index is 1140. The second-order valence-electron chi connectivity index (χ2n) is 7.62. The number of benzene rings is 2. The van der Waals surface area contributed by atoms with E-state index in [0.29, 0.717) is 47.3 Å². The molecule has 186 valence electrons. The van der Waals surface area contributed by atoms with Crippen LogP contribution in [0.25, 0.3) is 0 Å². The first-order chi connectivity index (χ1) is 17.0. The van der Waals surface area contributed by atoms with Crippen molar-refractivity contribution in [2.45, 2.75) is 18.9 Å². The van der Waals surface area contributed by atoms with Crippen LogP contribution in [0.5, 0.6) is 28.7 Å². The molecule has 0 saturated carbocycles. The fourth-order valence-corrected chi connectivity index (χ4v) is 3.77.